The Hall–Kier alpha value is -3.75. The summed E-state index contributed by atoms with van der Waals surface area (Å²) in [5.41, 5.74) is 4.99. The highest BCUT2D eigenvalue weighted by molar-refractivity contribution is 6.05. The van der Waals surface area contributed by atoms with Crippen molar-refractivity contribution < 1.29 is 13.9 Å². The molecule has 8 heteroatoms. The fourth-order valence-corrected chi connectivity index (χ4v) is 5.03. The topological polar surface area (TPSA) is 78.4 Å². The maximum absolute atomic E-state index is 5.82. The fraction of sp³-hybridized carbons (Fsp3) is 0.345. The van der Waals surface area contributed by atoms with Gasteiger partial charge >= 0.3 is 0 Å². The Morgan fingerprint density at radius 1 is 1.00 bits per heavy atom. The molecule has 0 aliphatic carbocycles. The molecule has 0 unspecified atom stereocenters. The van der Waals surface area contributed by atoms with Crippen LogP contribution in [0.5, 0.6) is 5.88 Å². The first-order valence-electron chi connectivity index (χ1n) is 12.8. The molecule has 0 saturated carbocycles. The van der Waals surface area contributed by atoms with E-state index < -0.39 is 0 Å². The van der Waals surface area contributed by atoms with Gasteiger partial charge in [-0.2, -0.15) is 0 Å². The van der Waals surface area contributed by atoms with Gasteiger partial charge in [0.2, 0.25) is 5.88 Å². The molecular formula is C29H31N5O3. The number of rotatable bonds is 8. The molecule has 8 nitrogen and oxygen atoms in total. The Balaban J connectivity index is 1.39. The van der Waals surface area contributed by atoms with Crippen molar-refractivity contribution in [2.45, 2.75) is 25.3 Å². The second-order valence-electron chi connectivity index (χ2n) is 9.74. The van der Waals surface area contributed by atoms with E-state index in [0.29, 0.717) is 12.5 Å². The van der Waals surface area contributed by atoms with Crippen LogP contribution in [0.15, 0.2) is 65.5 Å². The third-order valence-electron chi connectivity index (χ3n) is 6.88. The summed E-state index contributed by atoms with van der Waals surface area (Å²) in [5, 5.41) is 1.07. The second-order valence-corrected chi connectivity index (χ2v) is 9.74. The van der Waals surface area contributed by atoms with Gasteiger partial charge in [-0.1, -0.05) is 6.07 Å². The highest BCUT2D eigenvalue weighted by Crippen LogP contribution is 2.37. The van der Waals surface area contributed by atoms with Crippen LogP contribution in [0.2, 0.25) is 0 Å². The first-order valence-corrected chi connectivity index (χ1v) is 12.8. The highest BCUT2D eigenvalue weighted by atomic mass is 16.5. The van der Waals surface area contributed by atoms with E-state index in [1.165, 1.54) is 0 Å². The fourth-order valence-electron chi connectivity index (χ4n) is 5.03. The van der Waals surface area contributed by atoms with E-state index in [9.17, 15) is 0 Å². The van der Waals surface area contributed by atoms with E-state index in [4.69, 9.17) is 23.9 Å². The van der Waals surface area contributed by atoms with Crippen LogP contribution in [0.4, 0.5) is 0 Å². The van der Waals surface area contributed by atoms with E-state index in [0.717, 1.165) is 83.7 Å². The van der Waals surface area contributed by atoms with Crippen molar-refractivity contribution in [2.75, 3.05) is 40.5 Å². The lowest BCUT2D eigenvalue weighted by Crippen LogP contribution is -2.20. The van der Waals surface area contributed by atoms with Gasteiger partial charge < -0.3 is 23.4 Å². The summed E-state index contributed by atoms with van der Waals surface area (Å²) in [7, 11) is 4.13. The zero-order chi connectivity index (χ0) is 25.2. The van der Waals surface area contributed by atoms with Crippen LogP contribution in [0.3, 0.4) is 0 Å². The Kier molecular flexibility index (Phi) is 6.59. The van der Waals surface area contributed by atoms with Crippen LogP contribution in [0.25, 0.3) is 44.6 Å². The summed E-state index contributed by atoms with van der Waals surface area (Å²) in [6.07, 6.45) is 8.26. The van der Waals surface area contributed by atoms with E-state index in [1.54, 1.807) is 6.26 Å². The third-order valence-corrected chi connectivity index (χ3v) is 6.88. The monoisotopic (exact) mass is 497 g/mol. The lowest BCUT2D eigenvalue weighted by molar-refractivity contribution is 0.0709. The van der Waals surface area contributed by atoms with Gasteiger partial charge in [0.25, 0.3) is 0 Å². The van der Waals surface area contributed by atoms with Gasteiger partial charge in [-0.05, 0) is 69.3 Å². The Morgan fingerprint density at radius 2 is 1.86 bits per heavy atom. The number of aromatic nitrogens is 4. The number of benzene rings is 1. The molecule has 1 aliphatic rings. The quantitative estimate of drug-likeness (QED) is 0.259. The van der Waals surface area contributed by atoms with Gasteiger partial charge in [0.15, 0.2) is 11.6 Å². The molecule has 5 aromatic rings. The summed E-state index contributed by atoms with van der Waals surface area (Å²) in [6, 6.07) is 14.5. The molecule has 0 N–H and O–H groups in total. The minimum atomic E-state index is 0.277. The van der Waals surface area contributed by atoms with Gasteiger partial charge in [0, 0.05) is 49.0 Å². The molecule has 1 saturated heterocycles. The van der Waals surface area contributed by atoms with Crippen LogP contribution in [-0.4, -0.2) is 64.9 Å². The maximum Gasteiger partial charge on any atom is 0.213 e. The normalized spacial score (nSPS) is 14.7. The number of hydrogen-bond donors (Lipinski definition) is 0. The minimum absolute atomic E-state index is 0.277. The first kappa shape index (κ1) is 23.6. The van der Waals surface area contributed by atoms with Crippen molar-refractivity contribution >= 4 is 21.9 Å². The number of hydrogen-bond acceptors (Lipinski definition) is 7. The summed E-state index contributed by atoms with van der Waals surface area (Å²) in [4.78, 5) is 16.4. The Morgan fingerprint density at radius 3 is 2.62 bits per heavy atom. The highest BCUT2D eigenvalue weighted by Gasteiger charge is 2.25. The molecule has 0 amide bonds. The van der Waals surface area contributed by atoms with E-state index in [1.807, 2.05) is 30.6 Å². The maximum atomic E-state index is 5.82. The summed E-state index contributed by atoms with van der Waals surface area (Å²) in [5.74, 6) is 2.24. The molecular weight excluding hydrogens is 466 g/mol. The van der Waals surface area contributed by atoms with Gasteiger partial charge in [0.1, 0.15) is 5.52 Å². The van der Waals surface area contributed by atoms with Gasteiger partial charge in [0.05, 0.1) is 30.1 Å². The summed E-state index contributed by atoms with van der Waals surface area (Å²) in [6.45, 7) is 3.12. The first-order chi connectivity index (χ1) is 18.2. The zero-order valence-electron chi connectivity index (χ0n) is 21.3. The lowest BCUT2D eigenvalue weighted by atomic mass is 10.0. The van der Waals surface area contributed by atoms with Crippen LogP contribution in [-0.2, 0) is 4.74 Å². The Bertz CT molecular complexity index is 1490. The molecule has 190 valence electrons. The molecule has 1 aromatic carbocycles. The van der Waals surface area contributed by atoms with Crippen molar-refractivity contribution in [1.82, 2.24) is 24.4 Å². The van der Waals surface area contributed by atoms with Crippen molar-refractivity contribution in [3.05, 3.63) is 61.1 Å². The van der Waals surface area contributed by atoms with Crippen molar-refractivity contribution in [3.63, 3.8) is 0 Å². The molecule has 6 rings (SSSR count). The molecule has 0 atom stereocenters. The van der Waals surface area contributed by atoms with E-state index in [2.05, 4.69) is 52.8 Å². The largest absolute Gasteiger partial charge is 0.478 e. The average Bonchev–Trinajstić information content (AvgIpc) is 3.60. The smallest absolute Gasteiger partial charge is 0.213 e. The molecule has 0 spiro atoms. The van der Waals surface area contributed by atoms with Crippen LogP contribution in [0.1, 0.15) is 25.3 Å². The van der Waals surface area contributed by atoms with Gasteiger partial charge in [-0.3, -0.25) is 4.98 Å². The van der Waals surface area contributed by atoms with Crippen molar-refractivity contribution in [3.8, 4) is 28.6 Å². The molecule has 1 aliphatic heterocycles. The molecule has 37 heavy (non-hydrogen) atoms. The zero-order valence-corrected chi connectivity index (χ0v) is 21.3. The molecule has 4 aromatic heterocycles. The summed E-state index contributed by atoms with van der Waals surface area (Å²) < 4.78 is 19.6. The standard InChI is InChI=1S/C29H31N5O3/c1-33(2)12-4-14-37-27-9-7-21(18-31-27)20-6-8-24-23(17-20)28-25(19-30-24)32-29(26-5-3-13-36-26)34(28)22-10-15-35-16-11-22/h3,5-9,13,17-19,22H,4,10-12,14-16H2,1-2H3. The molecule has 0 radical (unpaired) electrons. The van der Waals surface area contributed by atoms with Crippen LogP contribution >= 0.6 is 0 Å². The molecule has 0 bridgehead atoms. The number of ether oxygens (including phenoxy) is 2. The number of imidazole rings is 1. The van der Waals surface area contributed by atoms with Gasteiger partial charge in [-0.15, -0.1) is 0 Å². The minimum Gasteiger partial charge on any atom is -0.478 e. The van der Waals surface area contributed by atoms with E-state index >= 15 is 0 Å². The van der Waals surface area contributed by atoms with Crippen LogP contribution < -0.4 is 4.74 Å². The van der Waals surface area contributed by atoms with Gasteiger partial charge in [-0.25, -0.2) is 9.97 Å². The number of fused-ring (bicyclic) bond motifs is 3. The SMILES string of the molecule is CN(C)CCCOc1ccc(-c2ccc3ncc4nc(-c5ccco5)n(C5CCOCC5)c4c3c2)cn1. The Labute approximate surface area is 215 Å². The van der Waals surface area contributed by atoms with E-state index in [-0.39, 0.29) is 6.04 Å². The van der Waals surface area contributed by atoms with Crippen LogP contribution in [0, 0.1) is 0 Å². The van der Waals surface area contributed by atoms with Crippen molar-refractivity contribution in [1.29, 1.82) is 0 Å². The predicted octanol–water partition coefficient (Wildman–Crippen LogP) is 5.59. The van der Waals surface area contributed by atoms with Crippen molar-refractivity contribution in [2.24, 2.45) is 0 Å². The summed E-state index contributed by atoms with van der Waals surface area (Å²) >= 11 is 0. The average molecular weight is 498 g/mol. The lowest BCUT2D eigenvalue weighted by Gasteiger charge is -2.25. The number of nitrogens with zero attached hydrogens (tertiary/aromatic N) is 5. The predicted molar refractivity (Wildman–Crippen MR) is 144 cm³/mol. The third kappa shape index (κ3) is 4.82. The number of pyridine rings is 2. The second kappa shape index (κ2) is 10.3. The molecule has 5 heterocycles. The number of furan rings is 1. The molecule has 1 fully saturated rings.